The summed E-state index contributed by atoms with van der Waals surface area (Å²) in [4.78, 5) is 37.3. The maximum Gasteiger partial charge on any atom is 0.326 e. The van der Waals surface area contributed by atoms with Crippen molar-refractivity contribution < 1.29 is 24.2 Å². The summed E-state index contributed by atoms with van der Waals surface area (Å²) in [5.41, 5.74) is 0.835. The van der Waals surface area contributed by atoms with Gasteiger partial charge in [0.25, 0.3) is 5.91 Å². The van der Waals surface area contributed by atoms with E-state index in [1.54, 1.807) is 32.2 Å². The Kier molecular flexibility index (Phi) is 7.37. The van der Waals surface area contributed by atoms with E-state index < -0.39 is 17.9 Å². The number of carboxylic acids is 1. The van der Waals surface area contributed by atoms with Gasteiger partial charge in [0.15, 0.2) is 0 Å². The lowest BCUT2D eigenvalue weighted by Crippen LogP contribution is -2.42. The Morgan fingerprint density at radius 3 is 2.59 bits per heavy atom. The number of carbonyl (C=O) groups excluding carboxylic acids is 2. The summed E-state index contributed by atoms with van der Waals surface area (Å²) in [6.45, 7) is 1.78. The summed E-state index contributed by atoms with van der Waals surface area (Å²) >= 11 is 6.41. The van der Waals surface area contributed by atoms with Crippen molar-refractivity contribution >= 4 is 52.2 Å². The SMILES string of the molecule is CC[C@@H](NC(=O)CCN1C(=O)/C(=C\c2ccc(OC)cc2)SC1=S)C(=O)O. The van der Waals surface area contributed by atoms with Gasteiger partial charge in [-0.1, -0.05) is 43.0 Å². The van der Waals surface area contributed by atoms with Crippen LogP contribution in [0.25, 0.3) is 6.08 Å². The minimum Gasteiger partial charge on any atom is -0.497 e. The number of hydrogen-bond donors (Lipinski definition) is 2. The van der Waals surface area contributed by atoms with E-state index in [9.17, 15) is 14.4 Å². The van der Waals surface area contributed by atoms with E-state index in [-0.39, 0.29) is 25.3 Å². The molecule has 1 fully saturated rings. The van der Waals surface area contributed by atoms with E-state index >= 15 is 0 Å². The summed E-state index contributed by atoms with van der Waals surface area (Å²) in [6.07, 6.45) is 2.00. The third-order valence-electron chi connectivity index (χ3n) is 3.89. The number of carbonyl (C=O) groups is 3. The molecule has 1 aromatic rings. The number of amides is 2. The van der Waals surface area contributed by atoms with Crippen molar-refractivity contribution in [2.45, 2.75) is 25.8 Å². The van der Waals surface area contributed by atoms with Crippen LogP contribution in [0.1, 0.15) is 25.3 Å². The molecule has 1 aliphatic heterocycles. The number of aliphatic carboxylic acids is 1. The second-order valence-electron chi connectivity index (χ2n) is 5.72. The first-order chi connectivity index (χ1) is 12.8. The number of methoxy groups -OCH3 is 1. The molecule has 1 aromatic carbocycles. The number of thioether (sulfide) groups is 1. The summed E-state index contributed by atoms with van der Waals surface area (Å²) in [5.74, 6) is -1.06. The van der Waals surface area contributed by atoms with E-state index in [2.05, 4.69) is 5.32 Å². The third-order valence-corrected chi connectivity index (χ3v) is 5.27. The maximum absolute atomic E-state index is 12.5. The van der Waals surface area contributed by atoms with Crippen molar-refractivity contribution in [3.8, 4) is 5.75 Å². The Morgan fingerprint density at radius 2 is 2.04 bits per heavy atom. The number of thiocarbonyl (C=S) groups is 1. The monoisotopic (exact) mass is 408 g/mol. The topological polar surface area (TPSA) is 95.9 Å². The molecule has 0 saturated carbocycles. The summed E-state index contributed by atoms with van der Waals surface area (Å²) < 4.78 is 5.48. The van der Waals surface area contributed by atoms with Gasteiger partial charge in [-0.05, 0) is 30.2 Å². The largest absolute Gasteiger partial charge is 0.497 e. The summed E-state index contributed by atoms with van der Waals surface area (Å²) in [5, 5.41) is 11.4. The zero-order valence-electron chi connectivity index (χ0n) is 14.9. The van der Waals surface area contributed by atoms with E-state index in [1.165, 1.54) is 16.7 Å². The zero-order valence-corrected chi connectivity index (χ0v) is 16.6. The summed E-state index contributed by atoms with van der Waals surface area (Å²) in [6, 6.07) is 6.32. The normalized spacial score (nSPS) is 16.5. The van der Waals surface area contributed by atoms with Gasteiger partial charge in [0.1, 0.15) is 16.1 Å². The molecule has 0 spiro atoms. The fourth-order valence-corrected chi connectivity index (χ4v) is 3.67. The Bertz CT molecular complexity index is 776. The van der Waals surface area contributed by atoms with Crippen LogP contribution in [0.5, 0.6) is 5.75 Å². The standard InChI is InChI=1S/C18H20N2O5S2/c1-3-13(17(23)24)19-15(21)8-9-20-16(22)14(27-18(20)26)10-11-4-6-12(25-2)7-5-11/h4-7,10,13H,3,8-9H2,1-2H3,(H,19,21)(H,23,24)/b14-10+/t13-/m1/s1. The van der Waals surface area contributed by atoms with Crippen LogP contribution in [-0.4, -0.2) is 51.8 Å². The summed E-state index contributed by atoms with van der Waals surface area (Å²) in [7, 11) is 1.58. The van der Waals surface area contributed by atoms with Gasteiger partial charge in [-0.25, -0.2) is 4.79 Å². The lowest BCUT2D eigenvalue weighted by molar-refractivity contribution is -0.142. The van der Waals surface area contributed by atoms with Gasteiger partial charge in [0.2, 0.25) is 5.91 Å². The number of nitrogens with zero attached hydrogens (tertiary/aromatic N) is 1. The van der Waals surface area contributed by atoms with Gasteiger partial charge in [-0.3, -0.25) is 14.5 Å². The molecule has 27 heavy (non-hydrogen) atoms. The number of nitrogens with one attached hydrogen (secondary N) is 1. The van der Waals surface area contributed by atoms with Crippen LogP contribution in [0.15, 0.2) is 29.2 Å². The lowest BCUT2D eigenvalue weighted by atomic mass is 10.2. The van der Waals surface area contributed by atoms with Crippen LogP contribution in [-0.2, 0) is 14.4 Å². The van der Waals surface area contributed by atoms with Crippen LogP contribution >= 0.6 is 24.0 Å². The number of benzene rings is 1. The molecule has 2 rings (SSSR count). The highest BCUT2D eigenvalue weighted by Gasteiger charge is 2.32. The first-order valence-corrected chi connectivity index (χ1v) is 9.49. The Hall–Kier alpha value is -2.39. The van der Waals surface area contributed by atoms with Crippen LogP contribution in [0.4, 0.5) is 0 Å². The Morgan fingerprint density at radius 1 is 1.37 bits per heavy atom. The number of ether oxygens (including phenoxy) is 1. The fraction of sp³-hybridized carbons (Fsp3) is 0.333. The van der Waals surface area contributed by atoms with Crippen molar-refractivity contribution in [3.63, 3.8) is 0 Å². The van der Waals surface area contributed by atoms with E-state index in [1.807, 2.05) is 12.1 Å². The maximum atomic E-state index is 12.5. The molecule has 2 N–H and O–H groups in total. The van der Waals surface area contributed by atoms with Gasteiger partial charge < -0.3 is 15.2 Å². The average Bonchev–Trinajstić information content (AvgIpc) is 2.91. The first-order valence-electron chi connectivity index (χ1n) is 8.27. The van der Waals surface area contributed by atoms with Crippen molar-refractivity contribution in [2.75, 3.05) is 13.7 Å². The second kappa shape index (κ2) is 9.52. The van der Waals surface area contributed by atoms with Crippen LogP contribution < -0.4 is 10.1 Å². The van der Waals surface area contributed by atoms with Crippen molar-refractivity contribution in [3.05, 3.63) is 34.7 Å². The van der Waals surface area contributed by atoms with Crippen molar-refractivity contribution in [2.24, 2.45) is 0 Å². The second-order valence-corrected chi connectivity index (χ2v) is 7.40. The molecule has 1 saturated heterocycles. The molecular formula is C18H20N2O5S2. The number of rotatable bonds is 8. The van der Waals surface area contributed by atoms with Gasteiger partial charge in [-0.2, -0.15) is 0 Å². The number of carboxylic acid groups (broad SMARTS) is 1. The highest BCUT2D eigenvalue weighted by Crippen LogP contribution is 2.32. The molecule has 1 atom stereocenters. The lowest BCUT2D eigenvalue weighted by Gasteiger charge is -2.16. The van der Waals surface area contributed by atoms with Crippen LogP contribution in [0, 0.1) is 0 Å². The molecule has 1 aliphatic rings. The Balaban J connectivity index is 1.98. The smallest absolute Gasteiger partial charge is 0.326 e. The predicted molar refractivity (Wildman–Crippen MR) is 107 cm³/mol. The number of hydrogen-bond acceptors (Lipinski definition) is 6. The molecule has 0 radical (unpaired) electrons. The molecule has 2 amide bonds. The molecule has 0 bridgehead atoms. The zero-order chi connectivity index (χ0) is 20.0. The molecule has 7 nitrogen and oxygen atoms in total. The van der Waals surface area contributed by atoms with Crippen molar-refractivity contribution in [1.29, 1.82) is 0 Å². The third kappa shape index (κ3) is 5.54. The van der Waals surface area contributed by atoms with E-state index in [0.29, 0.717) is 9.23 Å². The minimum absolute atomic E-state index is 0.0218. The van der Waals surface area contributed by atoms with Crippen LogP contribution in [0.2, 0.25) is 0 Å². The molecule has 0 aromatic heterocycles. The minimum atomic E-state index is -1.08. The highest BCUT2D eigenvalue weighted by molar-refractivity contribution is 8.26. The molecular weight excluding hydrogens is 388 g/mol. The average molecular weight is 409 g/mol. The van der Waals surface area contributed by atoms with E-state index in [0.717, 1.165) is 11.3 Å². The first kappa shape index (κ1) is 20.9. The van der Waals surface area contributed by atoms with Gasteiger partial charge >= 0.3 is 5.97 Å². The Labute approximate surface area is 166 Å². The van der Waals surface area contributed by atoms with Gasteiger partial charge in [0.05, 0.1) is 12.0 Å². The van der Waals surface area contributed by atoms with Crippen LogP contribution in [0.3, 0.4) is 0 Å². The van der Waals surface area contributed by atoms with E-state index in [4.69, 9.17) is 22.1 Å². The van der Waals surface area contributed by atoms with Gasteiger partial charge in [0, 0.05) is 13.0 Å². The molecule has 9 heteroatoms. The van der Waals surface area contributed by atoms with Gasteiger partial charge in [-0.15, -0.1) is 0 Å². The molecule has 0 unspecified atom stereocenters. The molecule has 0 aliphatic carbocycles. The fourth-order valence-electron chi connectivity index (χ4n) is 2.36. The quantitative estimate of drug-likeness (QED) is 0.503. The predicted octanol–water partition coefficient (Wildman–Crippen LogP) is 2.27. The molecule has 144 valence electrons. The van der Waals surface area contributed by atoms with Crippen molar-refractivity contribution in [1.82, 2.24) is 10.2 Å². The highest BCUT2D eigenvalue weighted by atomic mass is 32.2. The molecule has 1 heterocycles.